The van der Waals surface area contributed by atoms with E-state index in [1.165, 1.54) is 19.3 Å². The zero-order valence-electron chi connectivity index (χ0n) is 16.5. The average molecular weight is 355 g/mol. The Hall–Kier alpha value is -1.06. The zero-order valence-corrected chi connectivity index (χ0v) is 16.5. The van der Waals surface area contributed by atoms with Crippen LogP contribution in [0.15, 0.2) is 0 Å². The van der Waals surface area contributed by atoms with Gasteiger partial charge in [0.15, 0.2) is 0 Å². The van der Waals surface area contributed by atoms with E-state index in [1.54, 1.807) is 0 Å². The SMILES string of the molecule is CCCCC(CCCCCC(C)C)OC(=O)C1CCCC(C(=O)O)C1. The van der Waals surface area contributed by atoms with Crippen molar-refractivity contribution in [1.29, 1.82) is 0 Å². The molecule has 0 radical (unpaired) electrons. The van der Waals surface area contributed by atoms with Gasteiger partial charge in [0.1, 0.15) is 6.10 Å². The minimum Gasteiger partial charge on any atom is -0.481 e. The number of aliphatic carboxylic acids is 1. The van der Waals surface area contributed by atoms with Crippen LogP contribution in [0.1, 0.15) is 97.8 Å². The van der Waals surface area contributed by atoms with Crippen molar-refractivity contribution in [2.24, 2.45) is 17.8 Å². The number of rotatable bonds is 12. The van der Waals surface area contributed by atoms with E-state index in [-0.39, 0.29) is 23.9 Å². The normalized spacial score (nSPS) is 21.9. The summed E-state index contributed by atoms with van der Waals surface area (Å²) in [4.78, 5) is 23.7. The van der Waals surface area contributed by atoms with Crippen molar-refractivity contribution in [3.8, 4) is 0 Å². The lowest BCUT2D eigenvalue weighted by molar-refractivity contribution is -0.158. The first-order chi connectivity index (χ1) is 11.9. The molecule has 146 valence electrons. The van der Waals surface area contributed by atoms with E-state index in [4.69, 9.17) is 4.74 Å². The van der Waals surface area contributed by atoms with E-state index in [2.05, 4.69) is 20.8 Å². The second-order valence-electron chi connectivity index (χ2n) is 8.13. The number of unbranched alkanes of at least 4 members (excludes halogenated alkanes) is 3. The molecular weight excluding hydrogens is 316 g/mol. The number of carbonyl (C=O) groups excluding carboxylic acids is 1. The predicted molar refractivity (Wildman–Crippen MR) is 100 cm³/mol. The number of carboxylic acids is 1. The van der Waals surface area contributed by atoms with Crippen LogP contribution in [0.3, 0.4) is 0 Å². The second-order valence-corrected chi connectivity index (χ2v) is 8.13. The van der Waals surface area contributed by atoms with E-state index in [0.29, 0.717) is 12.8 Å². The van der Waals surface area contributed by atoms with Gasteiger partial charge in [-0.3, -0.25) is 9.59 Å². The smallest absolute Gasteiger partial charge is 0.309 e. The quantitative estimate of drug-likeness (QED) is 0.367. The third kappa shape index (κ3) is 9.27. The summed E-state index contributed by atoms with van der Waals surface area (Å²) in [5.74, 6) is -0.780. The Kier molecular flexibility index (Phi) is 10.8. The monoisotopic (exact) mass is 354 g/mol. The number of hydrogen-bond donors (Lipinski definition) is 1. The van der Waals surface area contributed by atoms with Crippen molar-refractivity contribution >= 4 is 11.9 Å². The maximum atomic E-state index is 12.5. The zero-order chi connectivity index (χ0) is 18.7. The van der Waals surface area contributed by atoms with Crippen LogP contribution >= 0.6 is 0 Å². The van der Waals surface area contributed by atoms with Gasteiger partial charge in [-0.1, -0.05) is 59.3 Å². The van der Waals surface area contributed by atoms with Crippen LogP contribution in [0, 0.1) is 17.8 Å². The molecule has 0 aromatic heterocycles. The summed E-state index contributed by atoms with van der Waals surface area (Å²) in [6.45, 7) is 6.65. The van der Waals surface area contributed by atoms with E-state index in [1.807, 2.05) is 0 Å². The topological polar surface area (TPSA) is 63.6 Å². The Morgan fingerprint density at radius 3 is 2.28 bits per heavy atom. The number of ether oxygens (including phenoxy) is 1. The van der Waals surface area contributed by atoms with Crippen LogP contribution in [0.25, 0.3) is 0 Å². The molecule has 1 fully saturated rings. The summed E-state index contributed by atoms with van der Waals surface area (Å²) in [7, 11) is 0. The molecule has 0 bridgehead atoms. The molecule has 0 heterocycles. The van der Waals surface area contributed by atoms with E-state index >= 15 is 0 Å². The third-order valence-electron chi connectivity index (χ3n) is 5.33. The first-order valence-corrected chi connectivity index (χ1v) is 10.4. The van der Waals surface area contributed by atoms with Crippen molar-refractivity contribution in [3.63, 3.8) is 0 Å². The van der Waals surface area contributed by atoms with Gasteiger partial charge in [-0.15, -0.1) is 0 Å². The number of carboxylic acid groups (broad SMARTS) is 1. The van der Waals surface area contributed by atoms with Gasteiger partial charge in [0.25, 0.3) is 0 Å². The molecule has 1 N–H and O–H groups in total. The first-order valence-electron chi connectivity index (χ1n) is 10.4. The van der Waals surface area contributed by atoms with Crippen LogP contribution < -0.4 is 0 Å². The fourth-order valence-electron chi connectivity index (χ4n) is 3.68. The lowest BCUT2D eigenvalue weighted by atomic mass is 9.81. The fraction of sp³-hybridized carbons (Fsp3) is 0.905. The molecule has 0 amide bonds. The molecule has 3 unspecified atom stereocenters. The Balaban J connectivity index is 2.41. The van der Waals surface area contributed by atoms with Gasteiger partial charge in [0.05, 0.1) is 11.8 Å². The number of carbonyl (C=O) groups is 2. The molecule has 0 aromatic carbocycles. The minimum atomic E-state index is -0.773. The van der Waals surface area contributed by atoms with Crippen LogP contribution in [0.4, 0.5) is 0 Å². The van der Waals surface area contributed by atoms with Crippen LogP contribution in [0.2, 0.25) is 0 Å². The molecule has 4 heteroatoms. The highest BCUT2D eigenvalue weighted by molar-refractivity contribution is 5.75. The van der Waals surface area contributed by atoms with Gasteiger partial charge in [-0.25, -0.2) is 0 Å². The molecule has 0 aliphatic heterocycles. The molecule has 1 aliphatic rings. The largest absolute Gasteiger partial charge is 0.481 e. The molecule has 0 aromatic rings. The Morgan fingerprint density at radius 1 is 1.00 bits per heavy atom. The van der Waals surface area contributed by atoms with E-state index in [9.17, 15) is 14.7 Å². The summed E-state index contributed by atoms with van der Waals surface area (Å²) in [6, 6.07) is 0. The predicted octanol–water partition coefficient (Wildman–Crippen LogP) is 5.59. The lowest BCUT2D eigenvalue weighted by Crippen LogP contribution is -2.31. The molecular formula is C21H38O4. The first kappa shape index (κ1) is 22.0. The summed E-state index contributed by atoms with van der Waals surface area (Å²) in [5, 5.41) is 9.19. The molecule has 25 heavy (non-hydrogen) atoms. The maximum absolute atomic E-state index is 12.5. The highest BCUT2D eigenvalue weighted by Gasteiger charge is 2.32. The lowest BCUT2D eigenvalue weighted by Gasteiger charge is -2.27. The molecule has 1 saturated carbocycles. The van der Waals surface area contributed by atoms with Crippen molar-refractivity contribution in [1.82, 2.24) is 0 Å². The highest BCUT2D eigenvalue weighted by atomic mass is 16.5. The minimum absolute atomic E-state index is 0.0108. The van der Waals surface area contributed by atoms with Gasteiger partial charge in [0, 0.05) is 0 Å². The number of hydrogen-bond acceptors (Lipinski definition) is 3. The fourth-order valence-corrected chi connectivity index (χ4v) is 3.68. The van der Waals surface area contributed by atoms with Crippen molar-refractivity contribution in [2.45, 2.75) is 104 Å². The van der Waals surface area contributed by atoms with Crippen molar-refractivity contribution in [3.05, 3.63) is 0 Å². The van der Waals surface area contributed by atoms with Crippen molar-refractivity contribution in [2.75, 3.05) is 0 Å². The summed E-state index contributed by atoms with van der Waals surface area (Å²) >= 11 is 0. The van der Waals surface area contributed by atoms with E-state index < -0.39 is 5.97 Å². The molecule has 0 spiro atoms. The molecule has 0 saturated heterocycles. The number of esters is 1. The Bertz CT molecular complexity index is 391. The van der Waals surface area contributed by atoms with Gasteiger partial charge in [-0.2, -0.15) is 0 Å². The van der Waals surface area contributed by atoms with Crippen LogP contribution in [-0.4, -0.2) is 23.1 Å². The maximum Gasteiger partial charge on any atom is 0.309 e. The summed E-state index contributed by atoms with van der Waals surface area (Å²) in [5.41, 5.74) is 0. The van der Waals surface area contributed by atoms with Gasteiger partial charge < -0.3 is 9.84 Å². The van der Waals surface area contributed by atoms with Gasteiger partial charge >= 0.3 is 11.9 Å². The standard InChI is InChI=1S/C21H38O4/c1-4-5-13-19(14-8-6-7-10-16(2)3)25-21(24)18-12-9-11-17(15-18)20(22)23/h16-19H,4-15H2,1-3H3,(H,22,23). The molecule has 4 nitrogen and oxygen atoms in total. The van der Waals surface area contributed by atoms with Gasteiger partial charge in [0.2, 0.25) is 0 Å². The van der Waals surface area contributed by atoms with Gasteiger partial charge in [-0.05, 0) is 44.4 Å². The van der Waals surface area contributed by atoms with Crippen molar-refractivity contribution < 1.29 is 19.4 Å². The summed E-state index contributed by atoms with van der Waals surface area (Å²) in [6.07, 6.45) is 11.6. The summed E-state index contributed by atoms with van der Waals surface area (Å²) < 4.78 is 5.82. The highest BCUT2D eigenvalue weighted by Crippen LogP contribution is 2.31. The average Bonchev–Trinajstić information content (AvgIpc) is 2.58. The molecule has 3 atom stereocenters. The van der Waals surface area contributed by atoms with E-state index in [0.717, 1.165) is 50.9 Å². The molecule has 1 rings (SSSR count). The third-order valence-corrected chi connectivity index (χ3v) is 5.33. The Labute approximate surface area is 153 Å². The second kappa shape index (κ2) is 12.3. The Morgan fingerprint density at radius 2 is 1.64 bits per heavy atom. The molecule has 1 aliphatic carbocycles. The van der Waals surface area contributed by atoms with Crippen LogP contribution in [-0.2, 0) is 14.3 Å². The van der Waals surface area contributed by atoms with Crippen LogP contribution in [0.5, 0.6) is 0 Å².